The van der Waals surface area contributed by atoms with Crippen molar-refractivity contribution in [1.82, 2.24) is 24.7 Å². The Hall–Kier alpha value is -3.48. The molecule has 0 unspecified atom stereocenters. The van der Waals surface area contributed by atoms with E-state index in [1.165, 1.54) is 5.56 Å². The first-order chi connectivity index (χ1) is 12.2. The standard InChI is InChI=1S/C18H16N6O/c1-12-4-5-13-14(6-8-19-15(13)10-12)22-16-11-20-18(23-17(16)25-2)24-9-3-7-21-24/h3-11H,1-2H3,(H,19,22). The van der Waals surface area contributed by atoms with Gasteiger partial charge in [0.2, 0.25) is 5.88 Å². The second kappa shape index (κ2) is 6.20. The first-order valence-corrected chi connectivity index (χ1v) is 7.78. The van der Waals surface area contributed by atoms with Crippen LogP contribution in [0.15, 0.2) is 55.1 Å². The third-order valence-corrected chi connectivity index (χ3v) is 3.81. The van der Waals surface area contributed by atoms with Crippen molar-refractivity contribution in [3.8, 4) is 11.8 Å². The van der Waals surface area contributed by atoms with Gasteiger partial charge in [0.1, 0.15) is 5.69 Å². The zero-order valence-electron chi connectivity index (χ0n) is 13.8. The Labute approximate surface area is 144 Å². The lowest BCUT2D eigenvalue weighted by atomic mass is 10.1. The number of hydrogen-bond acceptors (Lipinski definition) is 6. The van der Waals surface area contributed by atoms with Crippen molar-refractivity contribution in [3.05, 3.63) is 60.7 Å². The molecule has 0 spiro atoms. The molecule has 0 amide bonds. The molecule has 3 heterocycles. The molecule has 0 bridgehead atoms. The van der Waals surface area contributed by atoms with Crippen LogP contribution in [0.2, 0.25) is 0 Å². The van der Waals surface area contributed by atoms with Crippen molar-refractivity contribution in [2.45, 2.75) is 6.92 Å². The van der Waals surface area contributed by atoms with Gasteiger partial charge in [0.15, 0.2) is 0 Å². The molecule has 4 rings (SSSR count). The fourth-order valence-electron chi connectivity index (χ4n) is 2.61. The molecule has 1 aromatic carbocycles. The maximum atomic E-state index is 5.42. The smallest absolute Gasteiger partial charge is 0.253 e. The number of rotatable bonds is 4. The number of fused-ring (bicyclic) bond motifs is 1. The molecule has 0 atom stereocenters. The first-order valence-electron chi connectivity index (χ1n) is 7.78. The van der Waals surface area contributed by atoms with Crippen LogP contribution < -0.4 is 10.1 Å². The van der Waals surface area contributed by atoms with E-state index in [0.717, 1.165) is 16.6 Å². The molecule has 7 heteroatoms. The predicted octanol–water partition coefficient (Wildman–Crippen LogP) is 3.27. The van der Waals surface area contributed by atoms with Crippen LogP contribution in [0, 0.1) is 6.92 Å². The van der Waals surface area contributed by atoms with E-state index < -0.39 is 0 Å². The molecular weight excluding hydrogens is 316 g/mol. The van der Waals surface area contributed by atoms with Crippen molar-refractivity contribution >= 4 is 22.3 Å². The van der Waals surface area contributed by atoms with Crippen LogP contribution in [0.1, 0.15) is 5.56 Å². The molecular formula is C18H16N6O. The van der Waals surface area contributed by atoms with Crippen LogP contribution in [-0.2, 0) is 0 Å². The highest BCUT2D eigenvalue weighted by atomic mass is 16.5. The Morgan fingerprint density at radius 2 is 2.00 bits per heavy atom. The average Bonchev–Trinajstić information content (AvgIpc) is 3.16. The molecule has 0 aliphatic rings. The van der Waals surface area contributed by atoms with E-state index in [9.17, 15) is 0 Å². The number of nitrogens with zero attached hydrogens (tertiary/aromatic N) is 5. The number of anilines is 2. The monoisotopic (exact) mass is 332 g/mol. The minimum Gasteiger partial charge on any atom is -0.479 e. The van der Waals surface area contributed by atoms with Gasteiger partial charge in [-0.3, -0.25) is 4.98 Å². The lowest BCUT2D eigenvalue weighted by Crippen LogP contribution is -2.05. The highest BCUT2D eigenvalue weighted by Gasteiger charge is 2.11. The molecule has 0 aliphatic carbocycles. The Morgan fingerprint density at radius 3 is 2.80 bits per heavy atom. The summed E-state index contributed by atoms with van der Waals surface area (Å²) < 4.78 is 7.00. The van der Waals surface area contributed by atoms with E-state index >= 15 is 0 Å². The summed E-state index contributed by atoms with van der Waals surface area (Å²) in [6, 6.07) is 9.88. The van der Waals surface area contributed by atoms with E-state index in [-0.39, 0.29) is 0 Å². The van der Waals surface area contributed by atoms with Crippen LogP contribution in [0.3, 0.4) is 0 Å². The third-order valence-electron chi connectivity index (χ3n) is 3.81. The van der Waals surface area contributed by atoms with E-state index in [4.69, 9.17) is 4.74 Å². The fourth-order valence-corrected chi connectivity index (χ4v) is 2.61. The topological polar surface area (TPSA) is 77.8 Å². The summed E-state index contributed by atoms with van der Waals surface area (Å²) in [6.07, 6.45) is 6.91. The van der Waals surface area contributed by atoms with Gasteiger partial charge in [0, 0.05) is 29.7 Å². The van der Waals surface area contributed by atoms with Gasteiger partial charge in [0.05, 0.1) is 18.8 Å². The van der Waals surface area contributed by atoms with Crippen LogP contribution in [0.4, 0.5) is 11.4 Å². The summed E-state index contributed by atoms with van der Waals surface area (Å²) in [5.41, 5.74) is 3.69. The molecule has 4 aromatic rings. The van der Waals surface area contributed by atoms with Crippen LogP contribution in [0.25, 0.3) is 16.9 Å². The average molecular weight is 332 g/mol. The largest absolute Gasteiger partial charge is 0.479 e. The minimum absolute atomic E-state index is 0.442. The number of pyridine rings is 1. The van der Waals surface area contributed by atoms with Crippen LogP contribution in [0.5, 0.6) is 5.88 Å². The van der Waals surface area contributed by atoms with Gasteiger partial charge >= 0.3 is 0 Å². The lowest BCUT2D eigenvalue weighted by Gasteiger charge is -2.13. The van der Waals surface area contributed by atoms with Gasteiger partial charge < -0.3 is 10.1 Å². The second-order valence-corrected chi connectivity index (χ2v) is 5.55. The maximum Gasteiger partial charge on any atom is 0.253 e. The second-order valence-electron chi connectivity index (χ2n) is 5.55. The number of aryl methyl sites for hydroxylation is 1. The van der Waals surface area contributed by atoms with Gasteiger partial charge in [0.25, 0.3) is 5.95 Å². The Bertz CT molecular complexity index is 1030. The van der Waals surface area contributed by atoms with Gasteiger partial charge in [-0.25, -0.2) is 9.67 Å². The number of hydrogen-bond donors (Lipinski definition) is 1. The Morgan fingerprint density at radius 1 is 1.08 bits per heavy atom. The van der Waals surface area contributed by atoms with Crippen molar-refractivity contribution in [1.29, 1.82) is 0 Å². The zero-order chi connectivity index (χ0) is 17.2. The van der Waals surface area contributed by atoms with Gasteiger partial charge in [-0.2, -0.15) is 10.1 Å². The van der Waals surface area contributed by atoms with E-state index in [1.807, 2.05) is 25.1 Å². The van der Waals surface area contributed by atoms with E-state index in [0.29, 0.717) is 17.5 Å². The highest BCUT2D eigenvalue weighted by Crippen LogP contribution is 2.29. The summed E-state index contributed by atoms with van der Waals surface area (Å²) in [5.74, 6) is 0.889. The Kier molecular flexibility index (Phi) is 3.74. The molecule has 7 nitrogen and oxygen atoms in total. The third kappa shape index (κ3) is 2.87. The van der Waals surface area contributed by atoms with E-state index in [1.54, 1.807) is 36.6 Å². The quantitative estimate of drug-likeness (QED) is 0.618. The molecule has 3 aromatic heterocycles. The zero-order valence-corrected chi connectivity index (χ0v) is 13.8. The molecule has 124 valence electrons. The number of ether oxygens (including phenoxy) is 1. The normalized spacial score (nSPS) is 10.8. The molecule has 0 fully saturated rings. The van der Waals surface area contributed by atoms with Crippen LogP contribution >= 0.6 is 0 Å². The summed E-state index contributed by atoms with van der Waals surface area (Å²) in [7, 11) is 1.58. The molecule has 1 N–H and O–H groups in total. The number of methoxy groups -OCH3 is 1. The maximum absolute atomic E-state index is 5.42. The fraction of sp³-hybridized carbons (Fsp3) is 0.111. The number of nitrogens with one attached hydrogen (secondary N) is 1. The summed E-state index contributed by atoms with van der Waals surface area (Å²) in [6.45, 7) is 2.05. The minimum atomic E-state index is 0.442. The first kappa shape index (κ1) is 15.1. The van der Waals surface area contributed by atoms with Crippen molar-refractivity contribution in [2.75, 3.05) is 12.4 Å². The SMILES string of the molecule is COc1nc(-n2cccn2)ncc1Nc1ccnc2cc(C)ccc12. The van der Waals surface area contributed by atoms with Gasteiger partial charge in [-0.15, -0.1) is 0 Å². The predicted molar refractivity (Wildman–Crippen MR) is 95.5 cm³/mol. The molecule has 0 saturated carbocycles. The van der Waals surface area contributed by atoms with Gasteiger partial charge in [-0.1, -0.05) is 12.1 Å². The van der Waals surface area contributed by atoms with Crippen molar-refractivity contribution in [2.24, 2.45) is 0 Å². The van der Waals surface area contributed by atoms with Crippen LogP contribution in [-0.4, -0.2) is 31.8 Å². The lowest BCUT2D eigenvalue weighted by molar-refractivity contribution is 0.398. The molecule has 0 radical (unpaired) electrons. The molecule has 0 aliphatic heterocycles. The van der Waals surface area contributed by atoms with E-state index in [2.05, 4.69) is 37.5 Å². The summed E-state index contributed by atoms with van der Waals surface area (Å²) >= 11 is 0. The van der Waals surface area contributed by atoms with Crippen molar-refractivity contribution in [3.63, 3.8) is 0 Å². The number of benzene rings is 1. The Balaban J connectivity index is 1.74. The highest BCUT2D eigenvalue weighted by molar-refractivity contribution is 5.93. The molecule has 0 saturated heterocycles. The summed E-state index contributed by atoms with van der Waals surface area (Å²) in [4.78, 5) is 13.2. The summed E-state index contributed by atoms with van der Waals surface area (Å²) in [5, 5.41) is 8.49. The van der Waals surface area contributed by atoms with Crippen molar-refractivity contribution < 1.29 is 4.74 Å². The number of aromatic nitrogens is 5. The van der Waals surface area contributed by atoms with Gasteiger partial charge in [-0.05, 0) is 30.7 Å². The molecule has 25 heavy (non-hydrogen) atoms.